The Morgan fingerprint density at radius 3 is 2.65 bits per heavy atom. The number of carbonyl (C=O) groups excluding carboxylic acids is 1. The molecule has 0 spiro atoms. The van der Waals surface area contributed by atoms with E-state index in [-0.39, 0.29) is 11.8 Å². The summed E-state index contributed by atoms with van der Waals surface area (Å²) in [4.78, 5) is 22.0. The van der Waals surface area contributed by atoms with Gasteiger partial charge in [-0.2, -0.15) is 0 Å². The average molecular weight is 275 g/mol. The highest BCUT2D eigenvalue weighted by molar-refractivity contribution is 5.89. The van der Waals surface area contributed by atoms with Crippen LogP contribution in [0.25, 0.3) is 0 Å². The Bertz CT molecular complexity index is 507. The lowest BCUT2D eigenvalue weighted by Gasteiger charge is -2.16. The number of non-ortho nitro benzene ring substituents is 1. The number of benzene rings is 1. The molecule has 20 heavy (non-hydrogen) atoms. The summed E-state index contributed by atoms with van der Waals surface area (Å²) in [5, 5.41) is 10.5. The van der Waals surface area contributed by atoms with Crippen molar-refractivity contribution in [2.75, 3.05) is 0 Å². The molecular weight excluding hydrogens is 258 g/mol. The summed E-state index contributed by atoms with van der Waals surface area (Å²) in [6.45, 7) is 0. The quantitative estimate of drug-likeness (QED) is 0.365. The van der Waals surface area contributed by atoms with Gasteiger partial charge < -0.3 is 4.74 Å². The Kier molecular flexibility index (Phi) is 4.87. The van der Waals surface area contributed by atoms with Gasteiger partial charge >= 0.3 is 5.97 Å². The van der Waals surface area contributed by atoms with E-state index in [4.69, 9.17) is 4.74 Å². The molecule has 106 valence electrons. The predicted octanol–water partition coefficient (Wildman–Crippen LogP) is 3.64. The summed E-state index contributed by atoms with van der Waals surface area (Å²) in [6.07, 6.45) is 9.01. The van der Waals surface area contributed by atoms with Crippen molar-refractivity contribution in [1.82, 2.24) is 0 Å². The molecule has 0 aliphatic heterocycles. The third-order valence-corrected chi connectivity index (χ3v) is 3.28. The van der Waals surface area contributed by atoms with Gasteiger partial charge in [0.15, 0.2) is 0 Å². The van der Waals surface area contributed by atoms with Gasteiger partial charge in [0.05, 0.1) is 10.5 Å². The van der Waals surface area contributed by atoms with Crippen molar-refractivity contribution in [3.05, 3.63) is 52.1 Å². The molecule has 1 atom stereocenters. The third-order valence-electron chi connectivity index (χ3n) is 3.28. The van der Waals surface area contributed by atoms with Gasteiger partial charge in [-0.15, -0.1) is 0 Å². The Morgan fingerprint density at radius 1 is 1.20 bits per heavy atom. The number of esters is 1. The van der Waals surface area contributed by atoms with Gasteiger partial charge in [-0.3, -0.25) is 10.1 Å². The van der Waals surface area contributed by atoms with Crippen LogP contribution in [0.5, 0.6) is 0 Å². The van der Waals surface area contributed by atoms with E-state index in [1.165, 1.54) is 30.7 Å². The molecule has 0 saturated carbocycles. The molecule has 1 aromatic rings. The molecule has 0 bridgehead atoms. The van der Waals surface area contributed by atoms with Gasteiger partial charge in [0.2, 0.25) is 0 Å². The molecule has 1 aromatic carbocycles. The number of rotatable bonds is 3. The van der Waals surface area contributed by atoms with Crippen LogP contribution in [0.1, 0.15) is 42.5 Å². The Balaban J connectivity index is 1.99. The van der Waals surface area contributed by atoms with Crippen LogP contribution in [0, 0.1) is 10.1 Å². The first kappa shape index (κ1) is 14.2. The van der Waals surface area contributed by atoms with Crippen molar-refractivity contribution < 1.29 is 14.5 Å². The summed E-state index contributed by atoms with van der Waals surface area (Å²) in [7, 11) is 0. The molecule has 2 rings (SSSR count). The molecule has 0 amide bonds. The maximum Gasteiger partial charge on any atom is 0.338 e. The molecule has 5 nitrogen and oxygen atoms in total. The van der Waals surface area contributed by atoms with E-state index in [0.717, 1.165) is 25.7 Å². The van der Waals surface area contributed by atoms with Crippen LogP contribution in [-0.4, -0.2) is 17.0 Å². The number of nitro groups is 1. The molecule has 0 radical (unpaired) electrons. The van der Waals surface area contributed by atoms with E-state index in [1.807, 2.05) is 12.2 Å². The van der Waals surface area contributed by atoms with Crippen molar-refractivity contribution in [2.24, 2.45) is 0 Å². The number of allylic oxidation sites excluding steroid dienone is 1. The first-order chi connectivity index (χ1) is 9.66. The zero-order valence-corrected chi connectivity index (χ0v) is 11.2. The minimum atomic E-state index is -0.493. The Morgan fingerprint density at radius 2 is 1.95 bits per heavy atom. The second kappa shape index (κ2) is 6.84. The second-order valence-electron chi connectivity index (χ2n) is 4.81. The molecule has 0 unspecified atom stereocenters. The molecule has 1 aliphatic rings. The normalized spacial score (nSPS) is 18.9. The highest BCUT2D eigenvalue weighted by Gasteiger charge is 2.15. The van der Waals surface area contributed by atoms with E-state index in [9.17, 15) is 14.9 Å². The largest absolute Gasteiger partial charge is 0.455 e. The molecular formula is C15H17NO4. The minimum absolute atomic E-state index is 0.0348. The van der Waals surface area contributed by atoms with Crippen molar-refractivity contribution in [3.8, 4) is 0 Å². The smallest absolute Gasteiger partial charge is 0.338 e. The van der Waals surface area contributed by atoms with Crippen LogP contribution in [0.3, 0.4) is 0 Å². The van der Waals surface area contributed by atoms with Crippen LogP contribution in [-0.2, 0) is 4.74 Å². The van der Waals surface area contributed by atoms with Crippen LogP contribution < -0.4 is 0 Å². The third kappa shape index (κ3) is 3.91. The lowest BCUT2D eigenvalue weighted by molar-refractivity contribution is -0.384. The van der Waals surface area contributed by atoms with Gasteiger partial charge in [0.25, 0.3) is 5.69 Å². The first-order valence-electron chi connectivity index (χ1n) is 6.79. The van der Waals surface area contributed by atoms with Crippen LogP contribution >= 0.6 is 0 Å². The lowest BCUT2D eigenvalue weighted by Crippen LogP contribution is -2.17. The standard InChI is InChI=1S/C15H17NO4/c17-15(12-8-10-13(11-9-12)16(18)19)20-14-6-4-2-1-3-5-7-14/h4,6,8-11,14H,1-3,5,7H2/t14-/m0/s1. The van der Waals surface area contributed by atoms with Gasteiger partial charge in [0.1, 0.15) is 6.10 Å². The van der Waals surface area contributed by atoms with Crippen LogP contribution in [0.2, 0.25) is 0 Å². The van der Waals surface area contributed by atoms with Gasteiger partial charge in [0, 0.05) is 12.1 Å². The first-order valence-corrected chi connectivity index (χ1v) is 6.79. The molecule has 0 saturated heterocycles. The maximum absolute atomic E-state index is 12.0. The van der Waals surface area contributed by atoms with Crippen LogP contribution in [0.15, 0.2) is 36.4 Å². The van der Waals surface area contributed by atoms with Crippen molar-refractivity contribution in [2.45, 2.75) is 38.2 Å². The average Bonchev–Trinajstić information content (AvgIpc) is 2.41. The lowest BCUT2D eigenvalue weighted by atomic mass is 10.0. The maximum atomic E-state index is 12.0. The fourth-order valence-corrected chi connectivity index (χ4v) is 2.15. The topological polar surface area (TPSA) is 69.4 Å². The van der Waals surface area contributed by atoms with E-state index < -0.39 is 10.9 Å². The molecule has 0 N–H and O–H groups in total. The summed E-state index contributed by atoms with van der Waals surface area (Å²) in [5.74, 6) is -0.435. The van der Waals surface area contributed by atoms with Gasteiger partial charge in [-0.25, -0.2) is 4.79 Å². The van der Waals surface area contributed by atoms with E-state index in [2.05, 4.69) is 0 Å². The van der Waals surface area contributed by atoms with Gasteiger partial charge in [-0.1, -0.05) is 12.5 Å². The fraction of sp³-hybridized carbons (Fsp3) is 0.400. The molecule has 0 heterocycles. The summed E-state index contributed by atoms with van der Waals surface area (Å²) < 4.78 is 5.42. The van der Waals surface area contributed by atoms with E-state index in [1.54, 1.807) is 0 Å². The molecule has 0 fully saturated rings. The van der Waals surface area contributed by atoms with Crippen LogP contribution in [0.4, 0.5) is 5.69 Å². The Labute approximate surface area is 117 Å². The number of nitro benzene ring substituents is 1. The molecule has 0 aromatic heterocycles. The molecule has 1 aliphatic carbocycles. The number of ether oxygens (including phenoxy) is 1. The number of hydrogen-bond acceptors (Lipinski definition) is 4. The summed E-state index contributed by atoms with van der Waals surface area (Å²) >= 11 is 0. The minimum Gasteiger partial charge on any atom is -0.455 e. The summed E-state index contributed by atoms with van der Waals surface area (Å²) in [6, 6.07) is 5.47. The highest BCUT2D eigenvalue weighted by Crippen LogP contribution is 2.17. The number of hydrogen-bond donors (Lipinski definition) is 0. The van der Waals surface area contributed by atoms with Crippen molar-refractivity contribution >= 4 is 11.7 Å². The Hall–Kier alpha value is -2.17. The van der Waals surface area contributed by atoms with Gasteiger partial charge in [-0.05, 0) is 43.9 Å². The summed E-state index contributed by atoms with van der Waals surface area (Å²) in [5.41, 5.74) is 0.304. The second-order valence-corrected chi connectivity index (χ2v) is 4.81. The SMILES string of the molecule is O=C(O[C@H]1C=CCCCCC1)c1ccc([N+](=O)[O-])cc1. The van der Waals surface area contributed by atoms with Crippen molar-refractivity contribution in [1.29, 1.82) is 0 Å². The zero-order valence-electron chi connectivity index (χ0n) is 11.2. The monoisotopic (exact) mass is 275 g/mol. The number of carbonyl (C=O) groups is 1. The van der Waals surface area contributed by atoms with Crippen molar-refractivity contribution in [3.63, 3.8) is 0 Å². The van der Waals surface area contributed by atoms with E-state index in [0.29, 0.717) is 5.56 Å². The highest BCUT2D eigenvalue weighted by atomic mass is 16.6. The predicted molar refractivity (Wildman–Crippen MR) is 74.5 cm³/mol. The fourth-order valence-electron chi connectivity index (χ4n) is 2.15. The number of nitrogens with zero attached hydrogens (tertiary/aromatic N) is 1. The molecule has 5 heteroatoms. The van der Waals surface area contributed by atoms with E-state index >= 15 is 0 Å². The zero-order chi connectivity index (χ0) is 14.4.